The second-order valence-electron chi connectivity index (χ2n) is 11.9. The van der Waals surface area contributed by atoms with E-state index in [0.29, 0.717) is 44.3 Å². The summed E-state index contributed by atoms with van der Waals surface area (Å²) in [5.41, 5.74) is 1.72. The number of nitrogens with zero attached hydrogens (tertiary/aromatic N) is 4. The lowest BCUT2D eigenvalue weighted by Crippen LogP contribution is -2.43. The van der Waals surface area contributed by atoms with Crippen LogP contribution < -0.4 is 21.5 Å². The quantitative estimate of drug-likeness (QED) is 0.235. The smallest absolute Gasteiger partial charge is 0.287 e. The lowest BCUT2D eigenvalue weighted by Gasteiger charge is -2.32. The van der Waals surface area contributed by atoms with E-state index in [0.717, 1.165) is 73.2 Å². The van der Waals surface area contributed by atoms with E-state index >= 15 is 0 Å². The molecule has 12 heteroatoms. The van der Waals surface area contributed by atoms with Gasteiger partial charge < -0.3 is 30.4 Å². The van der Waals surface area contributed by atoms with E-state index in [-0.39, 0.29) is 12.6 Å². The summed E-state index contributed by atoms with van der Waals surface area (Å²) < 4.78 is 24.2. The molecule has 0 aromatic carbocycles. The molecule has 0 radical (unpaired) electrons. The van der Waals surface area contributed by atoms with Gasteiger partial charge in [-0.15, -0.1) is 0 Å². The minimum atomic E-state index is -0.903. The Morgan fingerprint density at radius 3 is 2.68 bits per heavy atom. The number of ether oxygens (including phenoxy) is 2. The number of pyridine rings is 2. The zero-order valence-electron chi connectivity index (χ0n) is 25.4. The van der Waals surface area contributed by atoms with Crippen molar-refractivity contribution in [2.75, 3.05) is 37.0 Å². The molecule has 1 atom stereocenters. The molecule has 3 aromatic heterocycles. The predicted octanol–water partition coefficient (Wildman–Crippen LogP) is 4.32. The molecule has 0 amide bonds. The summed E-state index contributed by atoms with van der Waals surface area (Å²) >= 11 is 0. The average molecular weight is 605 g/mol. The van der Waals surface area contributed by atoms with Crippen molar-refractivity contribution in [2.45, 2.75) is 77.1 Å². The highest BCUT2D eigenvalue weighted by molar-refractivity contribution is 5.68. The van der Waals surface area contributed by atoms with Crippen LogP contribution in [0.2, 0.25) is 0 Å². The molecule has 1 aliphatic carbocycles. The van der Waals surface area contributed by atoms with Crippen molar-refractivity contribution in [2.24, 2.45) is 5.41 Å². The highest BCUT2D eigenvalue weighted by Crippen LogP contribution is 2.31. The van der Waals surface area contributed by atoms with Crippen molar-refractivity contribution in [3.8, 4) is 17.3 Å². The van der Waals surface area contributed by atoms with Gasteiger partial charge in [-0.1, -0.05) is 6.07 Å². The van der Waals surface area contributed by atoms with Crippen LogP contribution in [0.4, 0.5) is 16.0 Å². The van der Waals surface area contributed by atoms with Crippen molar-refractivity contribution in [3.63, 3.8) is 0 Å². The van der Waals surface area contributed by atoms with Crippen LogP contribution in [-0.2, 0) is 16.1 Å². The summed E-state index contributed by atoms with van der Waals surface area (Å²) in [5, 5.41) is 20.4. The van der Waals surface area contributed by atoms with Gasteiger partial charge in [-0.25, -0.2) is 15.0 Å². The molecule has 234 valence electrons. The molecule has 5 rings (SSSR count). The third kappa shape index (κ3) is 8.37. The lowest BCUT2D eigenvalue weighted by molar-refractivity contribution is 0.0455. The maximum atomic E-state index is 13.1. The van der Waals surface area contributed by atoms with Crippen LogP contribution in [0.25, 0.3) is 11.3 Å². The molecule has 0 unspecified atom stereocenters. The molecule has 2 aliphatic rings. The highest BCUT2D eigenvalue weighted by Gasteiger charge is 2.32. The first-order valence-electron chi connectivity index (χ1n) is 15.3. The van der Waals surface area contributed by atoms with Gasteiger partial charge in [0.15, 0.2) is 0 Å². The van der Waals surface area contributed by atoms with Gasteiger partial charge in [-0.2, -0.15) is 9.65 Å². The minimum absolute atomic E-state index is 0.123. The summed E-state index contributed by atoms with van der Waals surface area (Å²) in [4.78, 5) is 27.1. The first-order chi connectivity index (χ1) is 21.3. The number of hydrogen-bond acceptors (Lipinski definition) is 10. The fraction of sp³-hybridized carbons (Fsp3) is 0.531. The monoisotopic (exact) mass is 604 g/mol. The van der Waals surface area contributed by atoms with Crippen LogP contribution >= 0.6 is 0 Å². The number of aryl methyl sites for hydroxylation is 1. The second-order valence-corrected chi connectivity index (χ2v) is 11.9. The SMILES string of the molecule is Cc1cnc(NC2CCC(N[C@H](C)COCc3ncc(F)c(=O)[nH]3)CC2)cc1-c1cccc(NCC2(C#N)CCOCC2)n1. The van der Waals surface area contributed by atoms with Crippen molar-refractivity contribution in [3.05, 3.63) is 64.2 Å². The van der Waals surface area contributed by atoms with E-state index in [4.69, 9.17) is 14.5 Å². The normalized spacial score (nSPS) is 20.4. The van der Waals surface area contributed by atoms with E-state index in [2.05, 4.69) is 50.0 Å². The van der Waals surface area contributed by atoms with Crippen LogP contribution in [-0.4, -0.2) is 64.4 Å². The van der Waals surface area contributed by atoms with Gasteiger partial charge in [-0.3, -0.25) is 4.79 Å². The largest absolute Gasteiger partial charge is 0.381 e. The van der Waals surface area contributed by atoms with Crippen LogP contribution in [0.15, 0.2) is 41.5 Å². The van der Waals surface area contributed by atoms with Crippen LogP contribution in [0.5, 0.6) is 0 Å². The lowest BCUT2D eigenvalue weighted by atomic mass is 9.82. The Kier molecular flexibility index (Phi) is 10.5. The summed E-state index contributed by atoms with van der Waals surface area (Å²) in [5.74, 6) is 0.992. The number of halogens is 1. The zero-order chi connectivity index (χ0) is 30.9. The summed E-state index contributed by atoms with van der Waals surface area (Å²) in [6.45, 7) is 6.45. The van der Waals surface area contributed by atoms with Gasteiger partial charge in [0, 0.05) is 49.6 Å². The van der Waals surface area contributed by atoms with Gasteiger partial charge in [0.25, 0.3) is 5.56 Å². The molecular weight excluding hydrogens is 563 g/mol. The van der Waals surface area contributed by atoms with Crippen LogP contribution in [0, 0.1) is 29.5 Å². The molecule has 3 aromatic rings. The summed E-state index contributed by atoms with van der Waals surface area (Å²) in [6.07, 6.45) is 8.32. The maximum absolute atomic E-state index is 13.1. The Labute approximate surface area is 257 Å². The molecule has 0 spiro atoms. The fourth-order valence-corrected chi connectivity index (χ4v) is 5.80. The molecule has 0 bridgehead atoms. The first kappa shape index (κ1) is 31.5. The second kappa shape index (κ2) is 14.7. The fourth-order valence-electron chi connectivity index (χ4n) is 5.80. The van der Waals surface area contributed by atoms with E-state index in [1.807, 2.05) is 31.3 Å². The number of nitrogens with one attached hydrogen (secondary N) is 4. The van der Waals surface area contributed by atoms with Gasteiger partial charge in [0.2, 0.25) is 5.82 Å². The molecule has 4 heterocycles. The van der Waals surface area contributed by atoms with Gasteiger partial charge >= 0.3 is 0 Å². The van der Waals surface area contributed by atoms with Crippen molar-refractivity contribution >= 4 is 11.6 Å². The molecular formula is C32H41FN8O3. The molecule has 44 heavy (non-hydrogen) atoms. The maximum Gasteiger partial charge on any atom is 0.287 e. The van der Waals surface area contributed by atoms with E-state index in [1.165, 1.54) is 0 Å². The highest BCUT2D eigenvalue weighted by atomic mass is 19.1. The van der Waals surface area contributed by atoms with Crippen LogP contribution in [0.3, 0.4) is 0 Å². The topological polar surface area (TPSA) is 150 Å². The van der Waals surface area contributed by atoms with Gasteiger partial charge in [0.05, 0.1) is 30.0 Å². The number of anilines is 2. The number of aromatic nitrogens is 4. The van der Waals surface area contributed by atoms with Gasteiger partial charge in [0.1, 0.15) is 24.1 Å². The number of aromatic amines is 1. The molecule has 1 saturated heterocycles. The predicted molar refractivity (Wildman–Crippen MR) is 166 cm³/mol. The molecule has 1 aliphatic heterocycles. The van der Waals surface area contributed by atoms with Crippen molar-refractivity contribution < 1.29 is 13.9 Å². The molecule has 4 N–H and O–H groups in total. The number of H-pyrrole nitrogens is 1. The number of rotatable bonds is 12. The first-order valence-corrected chi connectivity index (χ1v) is 15.3. The van der Waals surface area contributed by atoms with E-state index in [1.54, 1.807) is 0 Å². The van der Waals surface area contributed by atoms with E-state index < -0.39 is 16.8 Å². The zero-order valence-corrected chi connectivity index (χ0v) is 25.4. The molecule has 1 saturated carbocycles. The molecule has 11 nitrogen and oxygen atoms in total. The van der Waals surface area contributed by atoms with Crippen molar-refractivity contribution in [1.29, 1.82) is 5.26 Å². The Morgan fingerprint density at radius 1 is 1.16 bits per heavy atom. The average Bonchev–Trinajstić information content (AvgIpc) is 3.04. The Hall–Kier alpha value is -3.92. The van der Waals surface area contributed by atoms with Gasteiger partial charge in [-0.05, 0) is 76.1 Å². The number of nitriles is 1. The van der Waals surface area contributed by atoms with E-state index in [9.17, 15) is 14.4 Å². The number of hydrogen-bond donors (Lipinski definition) is 4. The third-order valence-electron chi connectivity index (χ3n) is 8.44. The minimum Gasteiger partial charge on any atom is -0.381 e. The Morgan fingerprint density at radius 2 is 1.93 bits per heavy atom. The Balaban J connectivity index is 1.09. The van der Waals surface area contributed by atoms with Crippen molar-refractivity contribution in [1.82, 2.24) is 25.3 Å². The molecule has 2 fully saturated rings. The summed E-state index contributed by atoms with van der Waals surface area (Å²) in [6, 6.07) is 11.3. The Bertz CT molecular complexity index is 1500. The summed E-state index contributed by atoms with van der Waals surface area (Å²) in [7, 11) is 0. The third-order valence-corrected chi connectivity index (χ3v) is 8.44. The standard InChI is InChI=1S/C32H41FN8O3/c1-21-15-35-29(14-25(21)27-4-3-5-28(40-27)37-20-32(19-34)10-12-43-13-11-32)39-24-8-6-23(7-9-24)38-22(2)17-44-18-30-36-16-26(33)31(42)41-30/h3-5,14-16,22-24,38H,6-13,17-18,20H2,1-2H3,(H,35,39)(H,37,40)(H,36,41,42)/t22-,23?,24?/m1/s1. The van der Waals surface area contributed by atoms with Crippen LogP contribution in [0.1, 0.15) is 56.8 Å².